The molecule has 0 radical (unpaired) electrons. The summed E-state index contributed by atoms with van der Waals surface area (Å²) in [6.45, 7) is 8.03. The third kappa shape index (κ3) is 2.90. The second-order valence-electron chi connectivity index (χ2n) is 4.10. The Morgan fingerprint density at radius 3 is 2.88 bits per heavy atom. The lowest BCUT2D eigenvalue weighted by Crippen LogP contribution is -2.33. The third-order valence-electron chi connectivity index (χ3n) is 2.82. The van der Waals surface area contributed by atoms with Crippen LogP contribution in [0.5, 0.6) is 0 Å². The van der Waals surface area contributed by atoms with Crippen molar-refractivity contribution in [3.8, 4) is 0 Å². The van der Waals surface area contributed by atoms with Gasteiger partial charge in [-0.3, -0.25) is 0 Å². The van der Waals surface area contributed by atoms with Gasteiger partial charge in [0.2, 0.25) is 5.13 Å². The van der Waals surface area contributed by atoms with E-state index in [-0.39, 0.29) is 0 Å². The molecule has 2 rings (SSSR count). The smallest absolute Gasteiger partial charge is 0.205 e. The quantitative estimate of drug-likeness (QED) is 0.826. The van der Waals surface area contributed by atoms with Crippen molar-refractivity contribution in [1.29, 1.82) is 0 Å². The molecule has 1 aliphatic heterocycles. The van der Waals surface area contributed by atoms with Gasteiger partial charge in [0.25, 0.3) is 0 Å². The number of aryl methyl sites for hydroxylation is 1. The highest BCUT2D eigenvalue weighted by atomic mass is 32.1. The number of hydrogen-bond donors (Lipinski definition) is 1. The maximum atomic E-state index is 5.58. The molecule has 2 N–H and O–H groups in total. The van der Waals surface area contributed by atoms with Gasteiger partial charge in [-0.05, 0) is 19.9 Å². The molecule has 6 heteroatoms. The SMILES string of the molecule is Cc1nsc(N2CCCN(CCN)CC2)n1. The number of nitrogens with zero attached hydrogens (tertiary/aromatic N) is 4. The fourth-order valence-corrected chi connectivity index (χ4v) is 2.71. The minimum Gasteiger partial charge on any atom is -0.346 e. The average Bonchev–Trinajstić information content (AvgIpc) is 2.57. The van der Waals surface area contributed by atoms with Gasteiger partial charge in [0.05, 0.1) is 0 Å². The summed E-state index contributed by atoms with van der Waals surface area (Å²) in [5, 5.41) is 1.06. The molecule has 16 heavy (non-hydrogen) atoms. The van der Waals surface area contributed by atoms with E-state index in [1.165, 1.54) is 18.0 Å². The largest absolute Gasteiger partial charge is 0.346 e. The van der Waals surface area contributed by atoms with Crippen molar-refractivity contribution in [2.24, 2.45) is 5.73 Å². The summed E-state index contributed by atoms with van der Waals surface area (Å²) in [5.41, 5.74) is 5.58. The predicted octanol–water partition coefficient (Wildman–Crippen LogP) is 0.317. The summed E-state index contributed by atoms with van der Waals surface area (Å²) in [5.74, 6) is 0.878. The Hall–Kier alpha value is -0.720. The monoisotopic (exact) mass is 241 g/mol. The van der Waals surface area contributed by atoms with Crippen LogP contribution in [0.2, 0.25) is 0 Å². The van der Waals surface area contributed by atoms with Crippen molar-refractivity contribution in [1.82, 2.24) is 14.3 Å². The van der Waals surface area contributed by atoms with E-state index in [2.05, 4.69) is 19.2 Å². The molecule has 0 saturated carbocycles. The van der Waals surface area contributed by atoms with Gasteiger partial charge in [0, 0.05) is 44.3 Å². The lowest BCUT2D eigenvalue weighted by molar-refractivity contribution is 0.302. The van der Waals surface area contributed by atoms with Crippen LogP contribution in [0.25, 0.3) is 0 Å². The number of nitrogens with two attached hydrogens (primary N) is 1. The molecular formula is C10H19N5S. The number of hydrogen-bond acceptors (Lipinski definition) is 6. The Balaban J connectivity index is 1.93. The summed E-state index contributed by atoms with van der Waals surface area (Å²) in [6.07, 6.45) is 1.18. The van der Waals surface area contributed by atoms with Crippen LogP contribution in [-0.4, -0.2) is 53.5 Å². The lowest BCUT2D eigenvalue weighted by atomic mass is 10.4. The Bertz CT molecular complexity index is 327. The van der Waals surface area contributed by atoms with Gasteiger partial charge < -0.3 is 15.5 Å². The van der Waals surface area contributed by atoms with Gasteiger partial charge in [-0.1, -0.05) is 0 Å². The molecule has 2 heterocycles. The molecule has 0 bridgehead atoms. The Labute approximate surface area is 100 Å². The van der Waals surface area contributed by atoms with Gasteiger partial charge in [0.1, 0.15) is 5.82 Å². The second kappa shape index (κ2) is 5.56. The molecule has 1 fully saturated rings. The highest BCUT2D eigenvalue weighted by Gasteiger charge is 2.16. The predicted molar refractivity (Wildman–Crippen MR) is 67.0 cm³/mol. The molecule has 1 aliphatic rings. The van der Waals surface area contributed by atoms with Crippen molar-refractivity contribution < 1.29 is 0 Å². The van der Waals surface area contributed by atoms with Crippen LogP contribution in [0.1, 0.15) is 12.2 Å². The summed E-state index contributed by atoms with van der Waals surface area (Å²) in [4.78, 5) is 9.20. The van der Waals surface area contributed by atoms with Gasteiger partial charge in [-0.15, -0.1) is 0 Å². The number of anilines is 1. The van der Waals surface area contributed by atoms with Crippen LogP contribution < -0.4 is 10.6 Å². The molecule has 1 saturated heterocycles. The zero-order chi connectivity index (χ0) is 11.4. The molecule has 0 aromatic carbocycles. The van der Waals surface area contributed by atoms with Crippen LogP contribution in [0.4, 0.5) is 5.13 Å². The minimum atomic E-state index is 0.748. The van der Waals surface area contributed by atoms with Crippen LogP contribution in [0, 0.1) is 6.92 Å². The lowest BCUT2D eigenvalue weighted by Gasteiger charge is -2.20. The molecule has 1 aromatic rings. The average molecular weight is 241 g/mol. The van der Waals surface area contributed by atoms with Crippen molar-refractivity contribution in [2.75, 3.05) is 44.2 Å². The van der Waals surface area contributed by atoms with E-state index in [9.17, 15) is 0 Å². The molecule has 0 aliphatic carbocycles. The van der Waals surface area contributed by atoms with E-state index in [0.29, 0.717) is 0 Å². The molecule has 5 nitrogen and oxygen atoms in total. The first kappa shape index (κ1) is 11.8. The van der Waals surface area contributed by atoms with Gasteiger partial charge in [-0.25, -0.2) is 4.98 Å². The van der Waals surface area contributed by atoms with Crippen molar-refractivity contribution >= 4 is 16.7 Å². The van der Waals surface area contributed by atoms with Gasteiger partial charge in [-0.2, -0.15) is 4.37 Å². The summed E-state index contributed by atoms with van der Waals surface area (Å²) in [6, 6.07) is 0. The Morgan fingerprint density at radius 1 is 1.31 bits per heavy atom. The number of rotatable bonds is 3. The third-order valence-corrected chi connectivity index (χ3v) is 3.69. The van der Waals surface area contributed by atoms with E-state index in [4.69, 9.17) is 5.73 Å². The van der Waals surface area contributed by atoms with E-state index in [1.807, 2.05) is 6.92 Å². The standard InChI is InChI=1S/C10H19N5S/c1-9-12-10(16-13-9)15-5-2-4-14(6-3-11)7-8-15/h2-8,11H2,1H3. The van der Waals surface area contributed by atoms with Gasteiger partial charge in [0.15, 0.2) is 0 Å². The van der Waals surface area contributed by atoms with E-state index < -0.39 is 0 Å². The molecule has 0 unspecified atom stereocenters. The highest BCUT2D eigenvalue weighted by molar-refractivity contribution is 7.09. The highest BCUT2D eigenvalue weighted by Crippen LogP contribution is 2.18. The van der Waals surface area contributed by atoms with Crippen molar-refractivity contribution in [3.63, 3.8) is 0 Å². The molecule has 0 amide bonds. The first-order chi connectivity index (χ1) is 7.79. The fraction of sp³-hybridized carbons (Fsp3) is 0.800. The van der Waals surface area contributed by atoms with E-state index >= 15 is 0 Å². The summed E-state index contributed by atoms with van der Waals surface area (Å²) < 4.78 is 4.23. The maximum absolute atomic E-state index is 5.58. The molecular weight excluding hydrogens is 222 g/mol. The zero-order valence-corrected chi connectivity index (χ0v) is 10.5. The molecule has 90 valence electrons. The first-order valence-corrected chi connectivity index (χ1v) is 6.54. The normalized spacial score (nSPS) is 18.8. The fourth-order valence-electron chi connectivity index (χ4n) is 1.98. The van der Waals surface area contributed by atoms with Crippen molar-refractivity contribution in [3.05, 3.63) is 5.82 Å². The van der Waals surface area contributed by atoms with Crippen molar-refractivity contribution in [2.45, 2.75) is 13.3 Å². The molecule has 0 spiro atoms. The Kier molecular flexibility index (Phi) is 4.09. The summed E-state index contributed by atoms with van der Waals surface area (Å²) >= 11 is 1.50. The van der Waals surface area contributed by atoms with Crippen LogP contribution in [-0.2, 0) is 0 Å². The Morgan fingerprint density at radius 2 is 2.19 bits per heavy atom. The molecule has 0 atom stereocenters. The van der Waals surface area contributed by atoms with E-state index in [0.717, 1.165) is 50.2 Å². The maximum Gasteiger partial charge on any atom is 0.205 e. The number of aromatic nitrogens is 2. The summed E-state index contributed by atoms with van der Waals surface area (Å²) in [7, 11) is 0. The second-order valence-corrected chi connectivity index (χ2v) is 4.83. The topological polar surface area (TPSA) is 58.3 Å². The van der Waals surface area contributed by atoms with E-state index in [1.54, 1.807) is 0 Å². The van der Waals surface area contributed by atoms with Gasteiger partial charge >= 0.3 is 0 Å². The minimum absolute atomic E-state index is 0.748. The van der Waals surface area contributed by atoms with Crippen LogP contribution in [0.3, 0.4) is 0 Å². The van der Waals surface area contributed by atoms with Crippen LogP contribution >= 0.6 is 11.5 Å². The molecule has 1 aromatic heterocycles. The van der Waals surface area contributed by atoms with Crippen LogP contribution in [0.15, 0.2) is 0 Å². The first-order valence-electron chi connectivity index (χ1n) is 5.77. The zero-order valence-electron chi connectivity index (χ0n) is 9.72.